The summed E-state index contributed by atoms with van der Waals surface area (Å²) in [5.74, 6) is -3.36. The highest BCUT2D eigenvalue weighted by atomic mass is 35.5. The average molecular weight is 548 g/mol. The third-order valence-corrected chi connectivity index (χ3v) is 8.51. The van der Waals surface area contributed by atoms with Crippen molar-refractivity contribution in [3.63, 3.8) is 0 Å². The van der Waals surface area contributed by atoms with Crippen LogP contribution in [0.4, 0.5) is 8.78 Å². The molecule has 3 N–H and O–H groups in total. The van der Waals surface area contributed by atoms with E-state index >= 15 is 0 Å². The zero-order valence-corrected chi connectivity index (χ0v) is 21.5. The fourth-order valence-electron chi connectivity index (χ4n) is 4.05. The summed E-state index contributed by atoms with van der Waals surface area (Å²) in [5, 5.41) is 9.44. The molecule has 12 heteroatoms. The van der Waals surface area contributed by atoms with Crippen LogP contribution >= 0.6 is 11.6 Å². The van der Waals surface area contributed by atoms with Crippen LogP contribution in [0.1, 0.15) is 0 Å². The summed E-state index contributed by atoms with van der Waals surface area (Å²) < 4.78 is 51.4. The van der Waals surface area contributed by atoms with Gasteiger partial charge in [-0.3, -0.25) is 9.14 Å². The lowest BCUT2D eigenvalue weighted by Crippen LogP contribution is -2.43. The third-order valence-electron chi connectivity index (χ3n) is 6.30. The molecule has 3 atom stereocenters. The number of hydrogen-bond donors (Lipinski definition) is 3. The number of aliphatic hydroxyl groups is 1. The van der Waals surface area contributed by atoms with E-state index < -0.39 is 34.4 Å². The largest absolute Gasteiger partial charge is 0.452 e. The maximum absolute atomic E-state index is 14.3. The molecule has 0 aliphatic carbocycles. The molecule has 0 bridgehead atoms. The second-order valence-electron chi connectivity index (χ2n) is 8.68. The standard InChI is InChI=1S/C25H24ClF2N5O3S/c1-30-37(2,29)17-9-7-15(8-10-17)14-3-5-16(6-4-14)22-18(26)11-19-23(32-22)33-24(31-19)36-21-13-35-20(12-34)25(21,27)28/h3-11,20-21,29,34H,12-13H2,1-2H3,(H,31,32,33)/t20-,21-,37?/m1/s1. The van der Waals surface area contributed by atoms with E-state index in [9.17, 15) is 8.78 Å². The number of imidazole rings is 1. The molecule has 4 aromatic rings. The number of aromatic amines is 1. The van der Waals surface area contributed by atoms with Gasteiger partial charge >= 0.3 is 5.92 Å². The molecule has 2 aromatic heterocycles. The average Bonchev–Trinajstić information content (AvgIpc) is 3.42. The highest BCUT2D eigenvalue weighted by molar-refractivity contribution is 7.94. The van der Waals surface area contributed by atoms with Crippen molar-refractivity contribution in [2.24, 2.45) is 4.36 Å². The molecule has 0 radical (unpaired) electrons. The van der Waals surface area contributed by atoms with Crippen molar-refractivity contribution in [2.75, 3.05) is 26.5 Å². The number of rotatable bonds is 6. The molecular formula is C25H24ClF2N5O3S. The van der Waals surface area contributed by atoms with Gasteiger partial charge in [0.25, 0.3) is 6.01 Å². The van der Waals surface area contributed by atoms with E-state index in [1.807, 2.05) is 54.8 Å². The molecule has 2 aromatic carbocycles. The molecule has 3 heterocycles. The van der Waals surface area contributed by atoms with Crippen molar-refractivity contribution in [3.05, 3.63) is 59.6 Å². The SMILES string of the molecule is CN=S(C)(=N)c1ccc(-c2ccc(-c3nc4nc(O[C@@H]5CO[C@H](CO)C5(F)F)[nH]c4cc3Cl)cc2)cc1. The number of alkyl halides is 2. The number of aromatic nitrogens is 3. The number of ether oxygens (including phenoxy) is 2. The summed E-state index contributed by atoms with van der Waals surface area (Å²) in [6.07, 6.45) is -1.38. The first kappa shape index (κ1) is 25.5. The Labute approximate surface area is 217 Å². The zero-order chi connectivity index (χ0) is 26.4. The Hall–Kier alpha value is -3.12. The van der Waals surface area contributed by atoms with Crippen molar-refractivity contribution >= 4 is 32.4 Å². The maximum Gasteiger partial charge on any atom is 0.314 e. The second kappa shape index (κ2) is 9.64. The van der Waals surface area contributed by atoms with Gasteiger partial charge in [-0.15, -0.1) is 0 Å². The number of pyridine rings is 1. The van der Waals surface area contributed by atoms with Gasteiger partial charge in [0.15, 0.2) is 11.8 Å². The van der Waals surface area contributed by atoms with Crippen molar-refractivity contribution < 1.29 is 23.4 Å². The van der Waals surface area contributed by atoms with E-state index in [-0.39, 0.29) is 18.3 Å². The first-order chi connectivity index (χ1) is 17.6. The highest BCUT2D eigenvalue weighted by Crippen LogP contribution is 2.35. The van der Waals surface area contributed by atoms with E-state index in [0.717, 1.165) is 21.6 Å². The van der Waals surface area contributed by atoms with Crippen LogP contribution in [-0.2, 0) is 14.4 Å². The van der Waals surface area contributed by atoms with E-state index in [2.05, 4.69) is 19.3 Å². The Balaban J connectivity index is 1.38. The van der Waals surface area contributed by atoms with Gasteiger partial charge in [0.1, 0.15) is 6.10 Å². The summed E-state index contributed by atoms with van der Waals surface area (Å²) >= 11 is 6.49. The fraction of sp³-hybridized carbons (Fsp3) is 0.280. The molecule has 0 saturated carbocycles. The first-order valence-corrected chi connectivity index (χ1v) is 13.7. The van der Waals surface area contributed by atoms with Crippen LogP contribution in [0.25, 0.3) is 33.5 Å². The zero-order valence-electron chi connectivity index (χ0n) is 19.9. The lowest BCUT2D eigenvalue weighted by Gasteiger charge is -2.20. The van der Waals surface area contributed by atoms with Gasteiger partial charge in [-0.1, -0.05) is 48.0 Å². The molecule has 1 fully saturated rings. The molecule has 0 spiro atoms. The van der Waals surface area contributed by atoms with Gasteiger partial charge in [0.05, 0.1) is 29.4 Å². The molecule has 194 valence electrons. The van der Waals surface area contributed by atoms with Crippen molar-refractivity contribution in [1.29, 1.82) is 4.78 Å². The Kier molecular flexibility index (Phi) is 6.65. The van der Waals surface area contributed by atoms with Crippen LogP contribution in [0.2, 0.25) is 5.02 Å². The summed E-state index contributed by atoms with van der Waals surface area (Å²) in [4.78, 5) is 12.4. The minimum absolute atomic E-state index is 0.136. The van der Waals surface area contributed by atoms with Crippen LogP contribution in [0.15, 0.2) is 63.9 Å². The van der Waals surface area contributed by atoms with Crippen LogP contribution < -0.4 is 4.74 Å². The minimum atomic E-state index is -3.36. The molecule has 1 saturated heterocycles. The van der Waals surface area contributed by atoms with Gasteiger partial charge in [0, 0.05) is 23.8 Å². The first-order valence-electron chi connectivity index (χ1n) is 11.3. The predicted octanol–water partition coefficient (Wildman–Crippen LogP) is 5.44. The summed E-state index contributed by atoms with van der Waals surface area (Å²) in [6, 6.07) is 17.0. The Morgan fingerprint density at radius 3 is 2.38 bits per heavy atom. The van der Waals surface area contributed by atoms with Crippen LogP contribution in [0.5, 0.6) is 6.01 Å². The normalized spacial score (nSPS) is 20.6. The van der Waals surface area contributed by atoms with Gasteiger partial charge in [-0.05, 0) is 38.9 Å². The van der Waals surface area contributed by atoms with Gasteiger partial charge in [-0.2, -0.15) is 13.8 Å². The van der Waals surface area contributed by atoms with Gasteiger partial charge < -0.3 is 19.6 Å². The molecule has 8 nitrogen and oxygen atoms in total. The summed E-state index contributed by atoms with van der Waals surface area (Å²) in [7, 11) is -0.231. The lowest BCUT2D eigenvalue weighted by atomic mass is 10.0. The molecule has 37 heavy (non-hydrogen) atoms. The Morgan fingerprint density at radius 2 is 1.78 bits per heavy atom. The number of nitrogens with one attached hydrogen (secondary N) is 2. The quantitative estimate of drug-likeness (QED) is 0.297. The third kappa shape index (κ3) is 4.79. The minimum Gasteiger partial charge on any atom is -0.452 e. The van der Waals surface area contributed by atoms with E-state index in [0.29, 0.717) is 16.2 Å². The van der Waals surface area contributed by atoms with E-state index in [1.165, 1.54) is 0 Å². The number of fused-ring (bicyclic) bond motifs is 1. The molecule has 1 aliphatic heterocycles. The smallest absolute Gasteiger partial charge is 0.314 e. The number of benzene rings is 2. The van der Waals surface area contributed by atoms with Crippen LogP contribution in [-0.4, -0.2) is 64.7 Å². The Morgan fingerprint density at radius 1 is 1.16 bits per heavy atom. The van der Waals surface area contributed by atoms with Crippen LogP contribution in [0, 0.1) is 4.78 Å². The number of hydrogen-bond acceptors (Lipinski definition) is 7. The number of nitrogens with zero attached hydrogens (tertiary/aromatic N) is 3. The molecule has 0 amide bonds. The van der Waals surface area contributed by atoms with Crippen molar-refractivity contribution in [1.82, 2.24) is 15.0 Å². The monoisotopic (exact) mass is 547 g/mol. The van der Waals surface area contributed by atoms with Crippen LogP contribution in [0.3, 0.4) is 0 Å². The predicted molar refractivity (Wildman–Crippen MR) is 139 cm³/mol. The maximum atomic E-state index is 14.3. The highest BCUT2D eigenvalue weighted by Gasteiger charge is 2.55. The van der Waals surface area contributed by atoms with E-state index in [4.69, 9.17) is 31.0 Å². The molecular weight excluding hydrogens is 524 g/mol. The Bertz CT molecular complexity index is 1570. The number of aliphatic hydroxyl groups excluding tert-OH is 1. The molecule has 1 aliphatic rings. The second-order valence-corrected chi connectivity index (χ2v) is 11.7. The van der Waals surface area contributed by atoms with Crippen molar-refractivity contribution in [2.45, 2.75) is 23.0 Å². The lowest BCUT2D eigenvalue weighted by molar-refractivity contribution is -0.118. The topological polar surface area (TPSA) is 116 Å². The van der Waals surface area contributed by atoms with Gasteiger partial charge in [0.2, 0.25) is 0 Å². The van der Waals surface area contributed by atoms with Crippen molar-refractivity contribution in [3.8, 4) is 28.4 Å². The fourth-order valence-corrected chi connectivity index (χ4v) is 5.18. The number of halogens is 3. The summed E-state index contributed by atoms with van der Waals surface area (Å²) in [5.41, 5.74) is 3.93. The van der Waals surface area contributed by atoms with E-state index in [1.54, 1.807) is 13.1 Å². The number of H-pyrrole nitrogens is 1. The molecule has 5 rings (SSSR count). The molecule has 1 unspecified atom stereocenters. The summed E-state index contributed by atoms with van der Waals surface area (Å²) in [6.45, 7) is -1.18. The van der Waals surface area contributed by atoms with Gasteiger partial charge in [-0.25, -0.2) is 4.98 Å².